The molecule has 0 aliphatic rings. The molecule has 1 amide bonds. The molecule has 0 bridgehead atoms. The van der Waals surface area contributed by atoms with Gasteiger partial charge in [-0.2, -0.15) is 0 Å². The van der Waals surface area contributed by atoms with Crippen molar-refractivity contribution in [2.45, 2.75) is 17.9 Å². The van der Waals surface area contributed by atoms with Gasteiger partial charge in [0.15, 0.2) is 0 Å². The fourth-order valence-corrected chi connectivity index (χ4v) is 3.93. The summed E-state index contributed by atoms with van der Waals surface area (Å²) in [5.74, 6) is -0.203. The second-order valence-corrected chi connectivity index (χ2v) is 9.24. The number of fused-ring (bicyclic) bond motifs is 1. The van der Waals surface area contributed by atoms with E-state index in [2.05, 4.69) is 10.3 Å². The highest BCUT2D eigenvalue weighted by Crippen LogP contribution is 2.28. The number of benzene rings is 2. The van der Waals surface area contributed by atoms with E-state index in [4.69, 9.17) is 0 Å². The fourth-order valence-electron chi connectivity index (χ4n) is 3.00. The molecule has 0 unspecified atom stereocenters. The van der Waals surface area contributed by atoms with Crippen LogP contribution in [0.4, 0.5) is 11.4 Å². The molecule has 0 fully saturated rings. The minimum atomic E-state index is -3.60. The molecule has 1 aromatic heterocycles. The maximum absolute atomic E-state index is 12.6. The molecule has 29 heavy (non-hydrogen) atoms. The summed E-state index contributed by atoms with van der Waals surface area (Å²) in [6.45, 7) is 0.472. The van der Waals surface area contributed by atoms with Gasteiger partial charge >= 0.3 is 0 Å². The van der Waals surface area contributed by atoms with E-state index < -0.39 is 10.0 Å². The normalized spacial score (nSPS) is 11.8. The molecule has 0 radical (unpaired) electrons. The predicted molar refractivity (Wildman–Crippen MR) is 115 cm³/mol. The number of carbonyl (C=O) groups excluding carboxylic acids is 1. The number of hydrogen-bond donors (Lipinski definition) is 1. The zero-order chi connectivity index (χ0) is 21.2. The summed E-state index contributed by atoms with van der Waals surface area (Å²) in [5.41, 5.74) is 3.03. The Morgan fingerprint density at radius 3 is 2.52 bits per heavy atom. The largest absolute Gasteiger partial charge is 0.376 e. The number of rotatable bonds is 7. The number of imidazole rings is 1. The van der Waals surface area contributed by atoms with Crippen LogP contribution in [0, 0.1) is 0 Å². The summed E-state index contributed by atoms with van der Waals surface area (Å²) in [6, 6.07) is 12.5. The van der Waals surface area contributed by atoms with Crippen molar-refractivity contribution in [1.29, 1.82) is 0 Å². The highest BCUT2D eigenvalue weighted by Gasteiger charge is 2.20. The van der Waals surface area contributed by atoms with Gasteiger partial charge in [-0.15, -0.1) is 0 Å². The molecular formula is C20H25N5O3S. The van der Waals surface area contributed by atoms with E-state index >= 15 is 0 Å². The van der Waals surface area contributed by atoms with Crippen LogP contribution < -0.4 is 10.2 Å². The summed E-state index contributed by atoms with van der Waals surface area (Å²) in [7, 11) is 3.02. The predicted octanol–water partition coefficient (Wildman–Crippen LogP) is 2.38. The van der Waals surface area contributed by atoms with Gasteiger partial charge in [0.25, 0.3) is 0 Å². The molecule has 9 heteroatoms. The number of carbonyl (C=O) groups is 1. The van der Waals surface area contributed by atoms with Crippen molar-refractivity contribution in [3.8, 4) is 0 Å². The average Bonchev–Trinajstić information content (AvgIpc) is 3.09. The number of sulfonamides is 1. The van der Waals surface area contributed by atoms with Gasteiger partial charge < -0.3 is 14.8 Å². The van der Waals surface area contributed by atoms with Crippen molar-refractivity contribution in [2.24, 2.45) is 0 Å². The number of amides is 1. The number of para-hydroxylation sites is 2. The van der Waals surface area contributed by atoms with E-state index in [1.165, 1.54) is 26.2 Å². The number of aromatic nitrogens is 2. The summed E-state index contributed by atoms with van der Waals surface area (Å²) in [5, 5.41) is 2.86. The topological polar surface area (TPSA) is 87.5 Å². The van der Waals surface area contributed by atoms with Crippen molar-refractivity contribution in [3.05, 3.63) is 48.8 Å². The van der Waals surface area contributed by atoms with E-state index in [9.17, 15) is 13.2 Å². The van der Waals surface area contributed by atoms with E-state index in [-0.39, 0.29) is 17.2 Å². The van der Waals surface area contributed by atoms with Gasteiger partial charge in [-0.3, -0.25) is 4.79 Å². The van der Waals surface area contributed by atoms with Crippen molar-refractivity contribution >= 4 is 38.3 Å². The van der Waals surface area contributed by atoms with Crippen LogP contribution in [0.1, 0.15) is 6.42 Å². The lowest BCUT2D eigenvalue weighted by Gasteiger charge is -2.20. The smallest absolute Gasteiger partial charge is 0.242 e. The molecular weight excluding hydrogens is 390 g/mol. The Labute approximate surface area is 170 Å². The first kappa shape index (κ1) is 20.8. The van der Waals surface area contributed by atoms with Crippen molar-refractivity contribution in [3.63, 3.8) is 0 Å². The SMILES string of the molecule is CN(C)c1ccc(S(=O)(=O)N(C)C)cc1NC(=O)CCn1cnc2ccccc21. The van der Waals surface area contributed by atoms with E-state index in [0.29, 0.717) is 12.2 Å². The van der Waals surface area contributed by atoms with E-state index in [0.717, 1.165) is 21.0 Å². The van der Waals surface area contributed by atoms with Crippen molar-refractivity contribution in [1.82, 2.24) is 13.9 Å². The van der Waals surface area contributed by atoms with E-state index in [1.54, 1.807) is 12.4 Å². The van der Waals surface area contributed by atoms with Crippen LogP contribution in [-0.4, -0.2) is 56.4 Å². The lowest BCUT2D eigenvalue weighted by molar-refractivity contribution is -0.116. The molecule has 0 aliphatic heterocycles. The molecule has 2 aromatic carbocycles. The van der Waals surface area contributed by atoms with Crippen molar-refractivity contribution in [2.75, 3.05) is 38.4 Å². The number of nitrogens with zero attached hydrogens (tertiary/aromatic N) is 4. The summed E-state index contributed by atoms with van der Waals surface area (Å²) in [4.78, 5) is 18.9. The Hall–Kier alpha value is -2.91. The van der Waals surface area contributed by atoms with Crippen LogP contribution in [0.5, 0.6) is 0 Å². The average molecular weight is 416 g/mol. The van der Waals surface area contributed by atoms with Gasteiger partial charge in [-0.25, -0.2) is 17.7 Å². The first-order valence-electron chi connectivity index (χ1n) is 9.14. The minimum absolute atomic E-state index is 0.129. The molecule has 0 spiro atoms. The van der Waals surface area contributed by atoms with E-state index in [1.807, 2.05) is 47.8 Å². The molecule has 0 saturated heterocycles. The number of aryl methyl sites for hydroxylation is 1. The minimum Gasteiger partial charge on any atom is -0.376 e. The van der Waals surface area contributed by atoms with Crippen LogP contribution in [0.3, 0.4) is 0 Å². The highest BCUT2D eigenvalue weighted by atomic mass is 32.2. The third-order valence-corrected chi connectivity index (χ3v) is 6.42. The van der Waals surface area contributed by atoms with Crippen LogP contribution >= 0.6 is 0 Å². The maximum Gasteiger partial charge on any atom is 0.242 e. The lowest BCUT2D eigenvalue weighted by atomic mass is 10.2. The van der Waals surface area contributed by atoms with Gasteiger partial charge in [-0.05, 0) is 30.3 Å². The Bertz CT molecular complexity index is 1140. The summed E-state index contributed by atoms with van der Waals surface area (Å²) >= 11 is 0. The second kappa shape index (κ2) is 8.22. The second-order valence-electron chi connectivity index (χ2n) is 7.09. The molecule has 1 heterocycles. The highest BCUT2D eigenvalue weighted by molar-refractivity contribution is 7.89. The standard InChI is InChI=1S/C20H25N5O3S/c1-23(2)18-10-9-15(29(27,28)24(3)4)13-17(18)22-20(26)11-12-25-14-21-16-7-5-6-8-19(16)25/h5-10,13-14H,11-12H2,1-4H3,(H,22,26). The lowest BCUT2D eigenvalue weighted by Crippen LogP contribution is -2.23. The number of anilines is 2. The molecule has 154 valence electrons. The summed E-state index contributed by atoms with van der Waals surface area (Å²) in [6.07, 6.45) is 1.95. The van der Waals surface area contributed by atoms with Crippen LogP contribution in [0.15, 0.2) is 53.7 Å². The molecule has 3 rings (SSSR count). The molecule has 0 atom stereocenters. The maximum atomic E-state index is 12.6. The van der Waals surface area contributed by atoms with Crippen LogP contribution in [0.25, 0.3) is 11.0 Å². The van der Waals surface area contributed by atoms with Crippen molar-refractivity contribution < 1.29 is 13.2 Å². The molecule has 0 aliphatic carbocycles. The number of hydrogen-bond acceptors (Lipinski definition) is 5. The zero-order valence-electron chi connectivity index (χ0n) is 17.0. The van der Waals surface area contributed by atoms with Crippen LogP contribution in [-0.2, 0) is 21.4 Å². The first-order chi connectivity index (χ1) is 13.7. The molecule has 3 aromatic rings. The third-order valence-electron chi connectivity index (χ3n) is 4.61. The summed E-state index contributed by atoms with van der Waals surface area (Å²) < 4.78 is 28.0. The first-order valence-corrected chi connectivity index (χ1v) is 10.6. The van der Waals surface area contributed by atoms with Gasteiger partial charge in [0, 0.05) is 41.2 Å². The Morgan fingerprint density at radius 2 is 1.83 bits per heavy atom. The molecule has 1 N–H and O–H groups in total. The van der Waals surface area contributed by atoms with Crippen LogP contribution in [0.2, 0.25) is 0 Å². The van der Waals surface area contributed by atoms with Gasteiger partial charge in [0.2, 0.25) is 15.9 Å². The quantitative estimate of drug-likeness (QED) is 0.640. The third kappa shape index (κ3) is 4.41. The monoisotopic (exact) mass is 415 g/mol. The van der Waals surface area contributed by atoms with Gasteiger partial charge in [0.05, 0.1) is 33.6 Å². The Balaban J connectivity index is 1.79. The van der Waals surface area contributed by atoms with Gasteiger partial charge in [-0.1, -0.05) is 12.1 Å². The number of nitrogens with one attached hydrogen (secondary N) is 1. The Kier molecular flexibility index (Phi) is 5.90. The Morgan fingerprint density at radius 1 is 1.10 bits per heavy atom. The molecule has 8 nitrogen and oxygen atoms in total. The fraction of sp³-hybridized carbons (Fsp3) is 0.300. The zero-order valence-corrected chi connectivity index (χ0v) is 17.8. The van der Waals surface area contributed by atoms with Gasteiger partial charge in [0.1, 0.15) is 0 Å². The molecule has 0 saturated carbocycles.